The van der Waals surface area contributed by atoms with Gasteiger partial charge in [-0.05, 0) is 38.3 Å². The van der Waals surface area contributed by atoms with Gasteiger partial charge in [0, 0.05) is 12.1 Å². The highest BCUT2D eigenvalue weighted by Gasteiger charge is 2.31. The van der Waals surface area contributed by atoms with Gasteiger partial charge in [-0.3, -0.25) is 0 Å². The van der Waals surface area contributed by atoms with Crippen LogP contribution in [-0.2, 0) is 10.0 Å². The quantitative estimate of drug-likeness (QED) is 0.826. The maximum Gasteiger partial charge on any atom is 0.240 e. The van der Waals surface area contributed by atoms with Crippen LogP contribution in [-0.4, -0.2) is 20.5 Å². The van der Waals surface area contributed by atoms with Crippen LogP contribution >= 0.6 is 0 Å². The van der Waals surface area contributed by atoms with Crippen molar-refractivity contribution in [3.8, 4) is 0 Å². The second kappa shape index (κ2) is 5.02. The van der Waals surface area contributed by atoms with Gasteiger partial charge in [-0.2, -0.15) is 0 Å². The summed E-state index contributed by atoms with van der Waals surface area (Å²) in [4.78, 5) is 2.24. The zero-order valence-electron chi connectivity index (χ0n) is 11.3. The Morgan fingerprint density at radius 2 is 2.05 bits per heavy atom. The third-order valence-electron chi connectivity index (χ3n) is 3.88. The van der Waals surface area contributed by atoms with E-state index < -0.39 is 10.0 Å². The number of primary sulfonamides is 1. The Balaban J connectivity index is 2.51. The fourth-order valence-electron chi connectivity index (χ4n) is 2.91. The minimum atomic E-state index is -3.78. The number of rotatable bonds is 3. The van der Waals surface area contributed by atoms with E-state index >= 15 is 0 Å². The molecule has 6 heteroatoms. The fourth-order valence-corrected chi connectivity index (χ4v) is 3.59. The summed E-state index contributed by atoms with van der Waals surface area (Å²) < 4.78 is 23.1. The van der Waals surface area contributed by atoms with Crippen molar-refractivity contribution in [2.45, 2.75) is 50.1 Å². The summed E-state index contributed by atoms with van der Waals surface area (Å²) in [5.74, 6) is 0. The van der Waals surface area contributed by atoms with E-state index in [4.69, 9.17) is 10.9 Å². The molecule has 0 aliphatic carbocycles. The molecule has 106 valence electrons. The summed E-state index contributed by atoms with van der Waals surface area (Å²) in [5.41, 5.74) is 7.07. The number of hydrogen-bond acceptors (Lipinski definition) is 4. The van der Waals surface area contributed by atoms with Gasteiger partial charge in [-0.15, -0.1) is 0 Å². The number of sulfonamides is 1. The second-order valence-electron chi connectivity index (χ2n) is 5.13. The second-order valence-corrected chi connectivity index (χ2v) is 6.66. The molecule has 19 heavy (non-hydrogen) atoms. The van der Waals surface area contributed by atoms with Crippen molar-refractivity contribution in [2.75, 3.05) is 10.6 Å². The summed E-state index contributed by atoms with van der Waals surface area (Å²) in [6, 6.07) is 5.80. The molecule has 5 nitrogen and oxygen atoms in total. The standard InChI is InChI=1S/C13H21N3O2S/c1-3-10-8-7-9(2)16(10)11-5-4-6-12(13(11)14)19(15,17)18/h4-6,9-10H,3,7-8,14H2,1-2H3,(H2,15,17,18). The van der Waals surface area contributed by atoms with Gasteiger partial charge in [0.25, 0.3) is 0 Å². The molecule has 0 spiro atoms. The molecule has 2 atom stereocenters. The average Bonchev–Trinajstić information content (AvgIpc) is 2.69. The van der Waals surface area contributed by atoms with Crippen LogP contribution in [0.15, 0.2) is 23.1 Å². The zero-order chi connectivity index (χ0) is 14.2. The van der Waals surface area contributed by atoms with Crippen molar-refractivity contribution >= 4 is 21.4 Å². The van der Waals surface area contributed by atoms with Crippen LogP contribution in [0.4, 0.5) is 11.4 Å². The van der Waals surface area contributed by atoms with Crippen LogP contribution in [0.3, 0.4) is 0 Å². The van der Waals surface area contributed by atoms with Crippen molar-refractivity contribution in [1.29, 1.82) is 0 Å². The lowest BCUT2D eigenvalue weighted by Crippen LogP contribution is -2.35. The Bertz CT molecular complexity index is 571. The van der Waals surface area contributed by atoms with Gasteiger partial charge >= 0.3 is 0 Å². The lowest BCUT2D eigenvalue weighted by molar-refractivity contribution is 0.597. The first-order valence-corrected chi connectivity index (χ1v) is 8.10. The monoisotopic (exact) mass is 283 g/mol. The van der Waals surface area contributed by atoms with E-state index in [9.17, 15) is 8.42 Å². The van der Waals surface area contributed by atoms with Gasteiger partial charge < -0.3 is 10.6 Å². The first-order chi connectivity index (χ1) is 8.86. The lowest BCUT2D eigenvalue weighted by Gasteiger charge is -2.31. The summed E-state index contributed by atoms with van der Waals surface area (Å²) in [5, 5.41) is 5.20. The van der Waals surface area contributed by atoms with Gasteiger partial charge in [0.2, 0.25) is 10.0 Å². The summed E-state index contributed by atoms with van der Waals surface area (Å²) in [7, 11) is -3.78. The highest BCUT2D eigenvalue weighted by Crippen LogP contribution is 2.37. The molecular formula is C13H21N3O2S. The SMILES string of the molecule is CCC1CCC(C)N1c1cccc(S(N)(=O)=O)c1N. The molecule has 1 heterocycles. The Morgan fingerprint density at radius 3 is 2.63 bits per heavy atom. The molecule has 0 bridgehead atoms. The van der Waals surface area contributed by atoms with Crippen LogP contribution in [0.25, 0.3) is 0 Å². The predicted octanol–water partition coefficient (Wildman–Crippen LogP) is 1.68. The van der Waals surface area contributed by atoms with E-state index in [-0.39, 0.29) is 10.6 Å². The van der Waals surface area contributed by atoms with Crippen molar-refractivity contribution in [3.63, 3.8) is 0 Å². The minimum absolute atomic E-state index is 0.0129. The summed E-state index contributed by atoms with van der Waals surface area (Å²) >= 11 is 0. The van der Waals surface area contributed by atoms with Gasteiger partial charge in [0.05, 0.1) is 11.4 Å². The number of benzene rings is 1. The molecule has 0 saturated carbocycles. The first kappa shape index (κ1) is 14.1. The zero-order valence-corrected chi connectivity index (χ0v) is 12.2. The molecule has 0 radical (unpaired) electrons. The van der Waals surface area contributed by atoms with E-state index in [0.29, 0.717) is 12.1 Å². The van der Waals surface area contributed by atoms with E-state index in [1.807, 2.05) is 6.07 Å². The smallest absolute Gasteiger partial charge is 0.240 e. The number of nitrogen functional groups attached to an aromatic ring is 1. The molecule has 1 aromatic carbocycles. The molecular weight excluding hydrogens is 262 g/mol. The van der Waals surface area contributed by atoms with E-state index in [0.717, 1.165) is 24.9 Å². The highest BCUT2D eigenvalue weighted by atomic mass is 32.2. The normalized spacial score (nSPS) is 23.8. The Hall–Kier alpha value is -1.27. The number of anilines is 2. The predicted molar refractivity (Wildman–Crippen MR) is 77.5 cm³/mol. The molecule has 0 amide bonds. The number of para-hydroxylation sites is 1. The molecule has 2 unspecified atom stereocenters. The molecule has 1 fully saturated rings. The van der Waals surface area contributed by atoms with Crippen molar-refractivity contribution < 1.29 is 8.42 Å². The fraction of sp³-hybridized carbons (Fsp3) is 0.538. The average molecular weight is 283 g/mol. The topological polar surface area (TPSA) is 89.4 Å². The largest absolute Gasteiger partial charge is 0.396 e. The maximum absolute atomic E-state index is 11.5. The molecule has 1 saturated heterocycles. The van der Waals surface area contributed by atoms with Crippen LogP contribution in [0, 0.1) is 0 Å². The van der Waals surface area contributed by atoms with Crippen LogP contribution in [0.2, 0.25) is 0 Å². The third-order valence-corrected chi connectivity index (χ3v) is 4.85. The number of nitrogens with two attached hydrogens (primary N) is 2. The molecule has 2 rings (SSSR count). The Kier molecular flexibility index (Phi) is 3.73. The molecule has 1 aliphatic rings. The first-order valence-electron chi connectivity index (χ1n) is 6.56. The molecule has 1 aliphatic heterocycles. The number of hydrogen-bond donors (Lipinski definition) is 2. The van der Waals surface area contributed by atoms with Crippen molar-refractivity contribution in [3.05, 3.63) is 18.2 Å². The van der Waals surface area contributed by atoms with Crippen molar-refractivity contribution in [1.82, 2.24) is 0 Å². The molecule has 4 N–H and O–H groups in total. The Labute approximate surface area is 114 Å². The lowest BCUT2D eigenvalue weighted by atomic mass is 10.1. The van der Waals surface area contributed by atoms with Gasteiger partial charge in [0.15, 0.2) is 0 Å². The van der Waals surface area contributed by atoms with Gasteiger partial charge in [0.1, 0.15) is 4.90 Å². The minimum Gasteiger partial charge on any atom is -0.396 e. The van der Waals surface area contributed by atoms with Crippen LogP contribution < -0.4 is 15.8 Å². The van der Waals surface area contributed by atoms with Crippen LogP contribution in [0.5, 0.6) is 0 Å². The maximum atomic E-state index is 11.5. The summed E-state index contributed by atoms with van der Waals surface area (Å²) in [6.07, 6.45) is 3.22. The third kappa shape index (κ3) is 2.55. The van der Waals surface area contributed by atoms with E-state index in [1.54, 1.807) is 6.07 Å². The van der Waals surface area contributed by atoms with Gasteiger partial charge in [-0.25, -0.2) is 13.6 Å². The van der Waals surface area contributed by atoms with E-state index in [1.165, 1.54) is 6.07 Å². The molecule has 0 aromatic heterocycles. The Morgan fingerprint density at radius 1 is 1.37 bits per heavy atom. The van der Waals surface area contributed by atoms with E-state index in [2.05, 4.69) is 18.7 Å². The van der Waals surface area contributed by atoms with Gasteiger partial charge in [-0.1, -0.05) is 13.0 Å². The molecule has 1 aromatic rings. The highest BCUT2D eigenvalue weighted by molar-refractivity contribution is 7.89. The summed E-state index contributed by atoms with van der Waals surface area (Å²) in [6.45, 7) is 4.27. The number of nitrogens with zero attached hydrogens (tertiary/aromatic N) is 1. The van der Waals surface area contributed by atoms with Crippen molar-refractivity contribution in [2.24, 2.45) is 5.14 Å². The van der Waals surface area contributed by atoms with Crippen LogP contribution in [0.1, 0.15) is 33.1 Å².